The van der Waals surface area contributed by atoms with E-state index in [-0.39, 0.29) is 0 Å². The summed E-state index contributed by atoms with van der Waals surface area (Å²) in [5, 5.41) is 3.68. The summed E-state index contributed by atoms with van der Waals surface area (Å²) >= 11 is 0. The Morgan fingerprint density at radius 2 is 1.88 bits per heavy atom. The molecule has 0 heterocycles. The molecule has 0 saturated heterocycles. The number of nitrogens with two attached hydrogens (primary N) is 1. The average molecular weight is 238 g/mol. The summed E-state index contributed by atoms with van der Waals surface area (Å²) in [5.41, 5.74) is 6.13. The van der Waals surface area contributed by atoms with Crippen LogP contribution in [-0.4, -0.2) is 18.6 Å². The highest BCUT2D eigenvalue weighted by molar-refractivity contribution is 4.80. The fraction of sp³-hybridized carbons (Fsp3) is 0.867. The molecule has 3 unspecified atom stereocenters. The molecule has 1 aliphatic rings. The van der Waals surface area contributed by atoms with Gasteiger partial charge < -0.3 is 11.1 Å². The molecule has 3 atom stereocenters. The topological polar surface area (TPSA) is 38.0 Å². The fourth-order valence-electron chi connectivity index (χ4n) is 2.49. The van der Waals surface area contributed by atoms with Gasteiger partial charge in [-0.25, -0.2) is 0 Å². The van der Waals surface area contributed by atoms with E-state index in [9.17, 15) is 0 Å². The molecule has 2 nitrogen and oxygen atoms in total. The average Bonchev–Trinajstić information content (AvgIpc) is 2.35. The Bertz CT molecular complexity index is 203. The van der Waals surface area contributed by atoms with Gasteiger partial charge in [0.15, 0.2) is 0 Å². The molecule has 0 aliphatic heterocycles. The lowest BCUT2D eigenvalue weighted by molar-refractivity contribution is 0.372. The van der Waals surface area contributed by atoms with Crippen LogP contribution in [0.3, 0.4) is 0 Å². The van der Waals surface area contributed by atoms with Crippen molar-refractivity contribution in [1.29, 1.82) is 0 Å². The second-order valence-corrected chi connectivity index (χ2v) is 5.65. The summed E-state index contributed by atoms with van der Waals surface area (Å²) < 4.78 is 0. The molecule has 0 aromatic rings. The highest BCUT2D eigenvalue weighted by Crippen LogP contribution is 2.16. The third kappa shape index (κ3) is 6.85. The first-order valence-electron chi connectivity index (χ1n) is 7.34. The Morgan fingerprint density at radius 1 is 1.18 bits per heavy atom. The molecule has 0 bridgehead atoms. The second kappa shape index (κ2) is 8.71. The van der Waals surface area contributed by atoms with Gasteiger partial charge in [0.25, 0.3) is 0 Å². The molecule has 1 fully saturated rings. The Kier molecular flexibility index (Phi) is 7.54. The van der Waals surface area contributed by atoms with Crippen LogP contribution in [0.1, 0.15) is 58.3 Å². The van der Waals surface area contributed by atoms with Crippen molar-refractivity contribution in [1.82, 2.24) is 5.32 Å². The normalized spacial score (nSPS) is 29.5. The van der Waals surface area contributed by atoms with Gasteiger partial charge in [0, 0.05) is 18.6 Å². The maximum atomic E-state index is 6.13. The van der Waals surface area contributed by atoms with Crippen molar-refractivity contribution in [3.8, 4) is 0 Å². The van der Waals surface area contributed by atoms with Crippen LogP contribution < -0.4 is 11.1 Å². The van der Waals surface area contributed by atoms with E-state index in [4.69, 9.17) is 5.73 Å². The lowest BCUT2D eigenvalue weighted by atomic mass is 9.95. The standard InChI is InChI=1S/C15H30N2/c1-3-13(2)12-17-15-9-7-5-4-6-8-14(16)10-11-15/h3,13-15,17H,1,4-12,16H2,2H3. The number of hydrogen-bond donors (Lipinski definition) is 2. The summed E-state index contributed by atoms with van der Waals surface area (Å²) in [6, 6.07) is 1.09. The van der Waals surface area contributed by atoms with Gasteiger partial charge in [-0.2, -0.15) is 0 Å². The first-order valence-corrected chi connectivity index (χ1v) is 7.34. The van der Waals surface area contributed by atoms with E-state index >= 15 is 0 Å². The largest absolute Gasteiger partial charge is 0.328 e. The van der Waals surface area contributed by atoms with E-state index in [2.05, 4.69) is 18.8 Å². The molecule has 1 saturated carbocycles. The number of nitrogens with one attached hydrogen (secondary N) is 1. The first kappa shape index (κ1) is 14.7. The molecule has 3 N–H and O–H groups in total. The summed E-state index contributed by atoms with van der Waals surface area (Å²) in [6.07, 6.45) is 12.4. The Morgan fingerprint density at radius 3 is 2.59 bits per heavy atom. The van der Waals surface area contributed by atoms with Crippen LogP contribution in [0, 0.1) is 5.92 Å². The van der Waals surface area contributed by atoms with Crippen LogP contribution in [0.15, 0.2) is 12.7 Å². The van der Waals surface area contributed by atoms with Crippen molar-refractivity contribution >= 4 is 0 Å². The predicted octanol–water partition coefficient (Wildman–Crippen LogP) is 3.23. The molecule has 100 valence electrons. The molecule has 2 heteroatoms. The molecule has 0 aromatic carbocycles. The lowest BCUT2D eigenvalue weighted by Crippen LogP contribution is -2.34. The van der Waals surface area contributed by atoms with Crippen LogP contribution >= 0.6 is 0 Å². The van der Waals surface area contributed by atoms with Crippen LogP contribution in [0.4, 0.5) is 0 Å². The summed E-state index contributed by atoms with van der Waals surface area (Å²) in [7, 11) is 0. The van der Waals surface area contributed by atoms with E-state index < -0.39 is 0 Å². The van der Waals surface area contributed by atoms with Crippen molar-refractivity contribution in [2.24, 2.45) is 11.7 Å². The molecule has 0 radical (unpaired) electrons. The summed E-state index contributed by atoms with van der Waals surface area (Å²) in [5.74, 6) is 0.569. The molecule has 0 spiro atoms. The molecule has 1 aliphatic carbocycles. The molecular formula is C15H30N2. The summed E-state index contributed by atoms with van der Waals surface area (Å²) in [4.78, 5) is 0. The highest BCUT2D eigenvalue weighted by Gasteiger charge is 2.13. The van der Waals surface area contributed by atoms with Gasteiger partial charge >= 0.3 is 0 Å². The van der Waals surface area contributed by atoms with Crippen molar-refractivity contribution < 1.29 is 0 Å². The molecular weight excluding hydrogens is 208 g/mol. The lowest BCUT2D eigenvalue weighted by Gasteiger charge is -2.23. The van der Waals surface area contributed by atoms with Crippen LogP contribution in [0.25, 0.3) is 0 Å². The van der Waals surface area contributed by atoms with Gasteiger partial charge in [0.1, 0.15) is 0 Å². The first-order chi connectivity index (χ1) is 8.22. The highest BCUT2D eigenvalue weighted by atomic mass is 14.9. The smallest absolute Gasteiger partial charge is 0.00678 e. The Hall–Kier alpha value is -0.340. The van der Waals surface area contributed by atoms with E-state index in [1.807, 2.05) is 6.08 Å². The fourth-order valence-corrected chi connectivity index (χ4v) is 2.49. The van der Waals surface area contributed by atoms with E-state index in [1.165, 1.54) is 51.4 Å². The zero-order chi connectivity index (χ0) is 12.5. The van der Waals surface area contributed by atoms with Gasteiger partial charge in [-0.1, -0.05) is 38.7 Å². The minimum Gasteiger partial charge on any atom is -0.328 e. The zero-order valence-electron chi connectivity index (χ0n) is 11.5. The monoisotopic (exact) mass is 238 g/mol. The van der Waals surface area contributed by atoms with E-state index in [0.717, 1.165) is 6.54 Å². The van der Waals surface area contributed by atoms with Crippen molar-refractivity contribution in [2.45, 2.75) is 70.4 Å². The van der Waals surface area contributed by atoms with Crippen molar-refractivity contribution in [3.05, 3.63) is 12.7 Å². The molecule has 0 aromatic heterocycles. The van der Waals surface area contributed by atoms with Gasteiger partial charge in [0.05, 0.1) is 0 Å². The van der Waals surface area contributed by atoms with E-state index in [0.29, 0.717) is 18.0 Å². The van der Waals surface area contributed by atoms with Gasteiger partial charge in [-0.3, -0.25) is 0 Å². The van der Waals surface area contributed by atoms with Crippen molar-refractivity contribution in [2.75, 3.05) is 6.54 Å². The van der Waals surface area contributed by atoms with Crippen LogP contribution in [-0.2, 0) is 0 Å². The third-order valence-corrected chi connectivity index (χ3v) is 3.89. The van der Waals surface area contributed by atoms with E-state index in [1.54, 1.807) is 0 Å². The number of hydrogen-bond acceptors (Lipinski definition) is 2. The minimum absolute atomic E-state index is 0.425. The molecule has 0 amide bonds. The van der Waals surface area contributed by atoms with Gasteiger partial charge in [0.2, 0.25) is 0 Å². The minimum atomic E-state index is 0.425. The summed E-state index contributed by atoms with van der Waals surface area (Å²) in [6.45, 7) is 7.11. The quantitative estimate of drug-likeness (QED) is 0.738. The zero-order valence-corrected chi connectivity index (χ0v) is 11.5. The maximum Gasteiger partial charge on any atom is 0.00678 e. The Balaban J connectivity index is 2.30. The SMILES string of the molecule is C=CC(C)CNC1CCCCCCC(N)CC1. The molecule has 17 heavy (non-hydrogen) atoms. The van der Waals surface area contributed by atoms with Gasteiger partial charge in [-0.05, 0) is 31.6 Å². The predicted molar refractivity (Wildman–Crippen MR) is 76.1 cm³/mol. The third-order valence-electron chi connectivity index (χ3n) is 3.89. The maximum absolute atomic E-state index is 6.13. The number of rotatable bonds is 4. The van der Waals surface area contributed by atoms with Crippen LogP contribution in [0.2, 0.25) is 0 Å². The van der Waals surface area contributed by atoms with Crippen LogP contribution in [0.5, 0.6) is 0 Å². The van der Waals surface area contributed by atoms with Gasteiger partial charge in [-0.15, -0.1) is 6.58 Å². The molecule has 1 rings (SSSR count). The Labute approximate surface area is 107 Å². The second-order valence-electron chi connectivity index (χ2n) is 5.65. The van der Waals surface area contributed by atoms with Crippen molar-refractivity contribution in [3.63, 3.8) is 0 Å².